The van der Waals surface area contributed by atoms with Gasteiger partial charge in [-0.15, -0.1) is 0 Å². The van der Waals surface area contributed by atoms with Gasteiger partial charge in [0.15, 0.2) is 0 Å². The lowest BCUT2D eigenvalue weighted by atomic mass is 9.94. The Morgan fingerprint density at radius 1 is 0.957 bits per heavy atom. The summed E-state index contributed by atoms with van der Waals surface area (Å²) in [5, 5.41) is 3.97. The minimum Gasteiger partial charge on any atom is -0.341 e. The Labute approximate surface area is 277 Å². The lowest BCUT2D eigenvalue weighted by Crippen LogP contribution is -2.64. The number of hydrogen-bond acceptors (Lipinski definition) is 5. The molecule has 3 atom stereocenters. The minimum atomic E-state index is -0.572. The molecule has 7 rings (SSSR count). The molecule has 4 aliphatic rings. The lowest BCUT2D eigenvalue weighted by molar-refractivity contribution is -0.140. The molecule has 2 aromatic heterocycles. The molecule has 1 aromatic carbocycles. The van der Waals surface area contributed by atoms with Crippen molar-refractivity contribution in [1.29, 1.82) is 0 Å². The van der Waals surface area contributed by atoms with Crippen molar-refractivity contribution < 1.29 is 9.59 Å². The van der Waals surface area contributed by atoms with Gasteiger partial charge >= 0.3 is 6.03 Å². The monoisotopic (exact) mass is 643 g/mol. The van der Waals surface area contributed by atoms with Crippen molar-refractivity contribution in [3.8, 4) is 0 Å². The van der Waals surface area contributed by atoms with Crippen LogP contribution in [0, 0.1) is 12.8 Å². The standard InChI is InChI=1S/C36H46ClN7O2/c1-25-20-41(24-39-25)21-26-8-7-15-43(22-26)35(45)32-23-42(16-17-44(32)36(46)40-30-10-3-2-4-11-30)34-31-12-6-5-9-27(31)13-14-28-18-29(37)19-38-33(28)34/h5-6,9,12,18-20,24,26,30,32,34H,2-4,7-8,10-11,13-17,21-23H2,1H3,(H,40,46)/t26-,32-,34?/m1/s1. The van der Waals surface area contributed by atoms with E-state index < -0.39 is 6.04 Å². The number of carbonyl (C=O) groups is 2. The highest BCUT2D eigenvalue weighted by Gasteiger charge is 2.42. The molecule has 3 aromatic rings. The highest BCUT2D eigenvalue weighted by atomic mass is 35.5. The van der Waals surface area contributed by atoms with Gasteiger partial charge in [-0.1, -0.05) is 55.1 Å². The van der Waals surface area contributed by atoms with Crippen LogP contribution in [0.4, 0.5) is 4.79 Å². The summed E-state index contributed by atoms with van der Waals surface area (Å²) in [6.45, 7) is 5.88. The van der Waals surface area contributed by atoms with Crippen LogP contribution in [-0.2, 0) is 24.2 Å². The van der Waals surface area contributed by atoms with Crippen LogP contribution < -0.4 is 5.32 Å². The number of fused-ring (bicyclic) bond motifs is 2. The third-order valence-electron chi connectivity index (χ3n) is 10.6. The second-order valence-electron chi connectivity index (χ2n) is 13.8. The van der Waals surface area contributed by atoms with Gasteiger partial charge in [0, 0.05) is 57.7 Å². The zero-order valence-corrected chi connectivity index (χ0v) is 27.7. The zero-order valence-electron chi connectivity index (χ0n) is 26.9. The number of nitrogens with zero attached hydrogens (tertiary/aromatic N) is 6. The van der Waals surface area contributed by atoms with Crippen molar-refractivity contribution in [2.75, 3.05) is 32.7 Å². The fourth-order valence-corrected chi connectivity index (χ4v) is 8.43. The molecular formula is C36H46ClN7O2. The van der Waals surface area contributed by atoms with E-state index in [1.807, 2.05) is 23.1 Å². The molecule has 2 aliphatic carbocycles. The van der Waals surface area contributed by atoms with Crippen LogP contribution in [0.15, 0.2) is 49.1 Å². The number of hydrogen-bond donors (Lipinski definition) is 1. The summed E-state index contributed by atoms with van der Waals surface area (Å²) < 4.78 is 2.14. The highest BCUT2D eigenvalue weighted by Crippen LogP contribution is 2.38. The molecule has 0 spiro atoms. The maximum absolute atomic E-state index is 14.6. The normalized spacial score (nSPS) is 24.2. The summed E-state index contributed by atoms with van der Waals surface area (Å²) >= 11 is 6.44. The van der Waals surface area contributed by atoms with Crippen molar-refractivity contribution in [2.24, 2.45) is 5.92 Å². The van der Waals surface area contributed by atoms with Crippen molar-refractivity contribution in [1.82, 2.24) is 34.6 Å². The molecule has 10 heteroatoms. The third-order valence-corrected chi connectivity index (χ3v) is 10.8. The Morgan fingerprint density at radius 2 is 1.78 bits per heavy atom. The van der Waals surface area contributed by atoms with E-state index in [1.165, 1.54) is 17.5 Å². The van der Waals surface area contributed by atoms with Crippen LogP contribution in [-0.4, -0.2) is 86.0 Å². The topological polar surface area (TPSA) is 86.6 Å². The van der Waals surface area contributed by atoms with Crippen LogP contribution in [0.25, 0.3) is 0 Å². The summed E-state index contributed by atoms with van der Waals surface area (Å²) in [5.41, 5.74) is 5.70. The van der Waals surface area contributed by atoms with Crippen LogP contribution in [0.1, 0.15) is 79.1 Å². The van der Waals surface area contributed by atoms with Crippen molar-refractivity contribution in [3.05, 3.63) is 82.2 Å². The van der Waals surface area contributed by atoms with Gasteiger partial charge in [-0.2, -0.15) is 0 Å². The van der Waals surface area contributed by atoms with Gasteiger partial charge in [0.25, 0.3) is 0 Å². The van der Waals surface area contributed by atoms with Gasteiger partial charge < -0.3 is 19.7 Å². The number of piperidine rings is 1. The summed E-state index contributed by atoms with van der Waals surface area (Å²) in [7, 11) is 0. The molecule has 46 heavy (non-hydrogen) atoms. The number of rotatable bonds is 5. The number of carbonyl (C=O) groups excluding carboxylic acids is 2. The molecule has 1 saturated carbocycles. The highest BCUT2D eigenvalue weighted by molar-refractivity contribution is 6.30. The van der Waals surface area contributed by atoms with Crippen molar-refractivity contribution >= 4 is 23.5 Å². The van der Waals surface area contributed by atoms with Crippen molar-refractivity contribution in [3.63, 3.8) is 0 Å². The SMILES string of the molecule is Cc1cn(C[C@H]2CCCN(C(=O)[C@H]3CN(C4c5ccccc5CCc5cc(Cl)cnc54)CCN3C(=O)NC3CCCCC3)C2)cn1. The van der Waals surface area contributed by atoms with Gasteiger partial charge in [0.1, 0.15) is 6.04 Å². The van der Waals surface area contributed by atoms with E-state index in [2.05, 4.69) is 56.3 Å². The Kier molecular flexibility index (Phi) is 9.31. The van der Waals surface area contributed by atoms with Crippen LogP contribution >= 0.6 is 11.6 Å². The summed E-state index contributed by atoms with van der Waals surface area (Å²) in [6, 6.07) is 10.1. The molecule has 1 N–H and O–H groups in total. The quantitative estimate of drug-likeness (QED) is 0.403. The maximum atomic E-state index is 14.6. The van der Waals surface area contributed by atoms with Crippen LogP contribution in [0.3, 0.4) is 0 Å². The average molecular weight is 644 g/mol. The predicted molar refractivity (Wildman–Crippen MR) is 179 cm³/mol. The first kappa shape index (κ1) is 31.2. The second-order valence-corrected chi connectivity index (χ2v) is 14.2. The van der Waals surface area contributed by atoms with Crippen LogP contribution in [0.2, 0.25) is 5.02 Å². The molecule has 9 nitrogen and oxygen atoms in total. The Hall–Kier alpha value is -3.43. The Bertz CT molecular complexity index is 1550. The fraction of sp³-hybridized carbons (Fsp3) is 0.556. The maximum Gasteiger partial charge on any atom is 0.318 e. The molecule has 0 bridgehead atoms. The largest absolute Gasteiger partial charge is 0.341 e. The Balaban J connectivity index is 1.17. The number of halogens is 1. The molecule has 3 fully saturated rings. The number of piperazine rings is 1. The number of amides is 3. The number of aromatic nitrogens is 3. The van der Waals surface area contributed by atoms with Crippen LogP contribution in [0.5, 0.6) is 0 Å². The molecule has 4 heterocycles. The van der Waals surface area contributed by atoms with E-state index in [0.717, 1.165) is 81.4 Å². The first-order valence-corrected chi connectivity index (χ1v) is 17.6. The molecule has 3 amide bonds. The first-order valence-electron chi connectivity index (χ1n) is 17.2. The predicted octanol–water partition coefficient (Wildman–Crippen LogP) is 5.40. The number of urea groups is 1. The van der Waals surface area contributed by atoms with E-state index in [-0.39, 0.29) is 24.0 Å². The fourth-order valence-electron chi connectivity index (χ4n) is 8.25. The summed E-state index contributed by atoms with van der Waals surface area (Å²) in [4.78, 5) is 44.1. The molecule has 244 valence electrons. The number of benzene rings is 1. The number of imidazole rings is 1. The molecule has 2 saturated heterocycles. The minimum absolute atomic E-state index is 0.0567. The molecule has 0 radical (unpaired) electrons. The summed E-state index contributed by atoms with van der Waals surface area (Å²) in [5.74, 6) is 0.409. The van der Waals surface area contributed by atoms with Crippen molar-refractivity contribution in [2.45, 2.75) is 89.4 Å². The second kappa shape index (κ2) is 13.7. The smallest absolute Gasteiger partial charge is 0.318 e. The van der Waals surface area contributed by atoms with Gasteiger partial charge in [0.05, 0.1) is 28.8 Å². The molecule has 2 aliphatic heterocycles. The van der Waals surface area contributed by atoms with Gasteiger partial charge in [-0.3, -0.25) is 14.7 Å². The van der Waals surface area contributed by atoms with E-state index in [9.17, 15) is 9.59 Å². The number of aryl methyl sites for hydroxylation is 3. The van der Waals surface area contributed by atoms with E-state index in [1.54, 1.807) is 6.20 Å². The Morgan fingerprint density at radius 3 is 2.61 bits per heavy atom. The van der Waals surface area contributed by atoms with E-state index in [0.29, 0.717) is 37.1 Å². The summed E-state index contributed by atoms with van der Waals surface area (Å²) in [6.07, 6.45) is 15.1. The molecular weight excluding hydrogens is 598 g/mol. The number of pyridine rings is 1. The third kappa shape index (κ3) is 6.67. The zero-order chi connectivity index (χ0) is 31.6. The lowest BCUT2D eigenvalue weighted by Gasteiger charge is -2.46. The van der Waals surface area contributed by atoms with Gasteiger partial charge in [-0.25, -0.2) is 9.78 Å². The molecule has 1 unspecified atom stereocenters. The van der Waals surface area contributed by atoms with Gasteiger partial charge in [-0.05, 0) is 74.1 Å². The van der Waals surface area contributed by atoms with E-state index in [4.69, 9.17) is 16.6 Å². The first-order chi connectivity index (χ1) is 22.4. The average Bonchev–Trinajstić information content (AvgIpc) is 3.41. The van der Waals surface area contributed by atoms with Gasteiger partial charge in [0.2, 0.25) is 5.91 Å². The van der Waals surface area contributed by atoms with E-state index >= 15 is 0 Å². The number of likely N-dealkylation sites (tertiary alicyclic amines) is 1. The number of nitrogens with one attached hydrogen (secondary N) is 1.